The minimum atomic E-state index is 0.531. The highest BCUT2D eigenvalue weighted by Crippen LogP contribution is 2.12. The summed E-state index contributed by atoms with van der Waals surface area (Å²) in [6.45, 7) is 7.03. The van der Waals surface area contributed by atoms with Crippen LogP contribution in [0.15, 0.2) is 59.6 Å². The lowest BCUT2D eigenvalue weighted by molar-refractivity contribution is 0.265. The first-order valence-electron chi connectivity index (χ1n) is 9.35. The van der Waals surface area contributed by atoms with Crippen LogP contribution in [0.3, 0.4) is 0 Å². The van der Waals surface area contributed by atoms with Gasteiger partial charge in [0.2, 0.25) is 0 Å². The van der Waals surface area contributed by atoms with Crippen molar-refractivity contribution >= 4 is 5.96 Å². The normalized spacial score (nSPS) is 11.8. The molecule has 2 aromatic carbocycles. The molecule has 0 bridgehead atoms. The van der Waals surface area contributed by atoms with Crippen LogP contribution in [0, 0.1) is 0 Å². The molecular weight excluding hydrogens is 320 g/mol. The predicted molar refractivity (Wildman–Crippen MR) is 111 cm³/mol. The molecule has 2 rings (SSSR count). The summed E-state index contributed by atoms with van der Waals surface area (Å²) in [7, 11) is 3.98. The monoisotopic (exact) mass is 352 g/mol. The van der Waals surface area contributed by atoms with Gasteiger partial charge in [-0.1, -0.05) is 54.6 Å². The quantitative estimate of drug-likeness (QED) is 0.565. The number of guanidine groups is 1. The Hall–Kier alpha value is -2.33. The van der Waals surface area contributed by atoms with E-state index in [9.17, 15) is 0 Å². The molecule has 0 fully saturated rings. The summed E-state index contributed by atoms with van der Waals surface area (Å²) < 4.78 is 0. The van der Waals surface area contributed by atoms with E-state index in [1.807, 2.05) is 13.1 Å². The third kappa shape index (κ3) is 6.52. The summed E-state index contributed by atoms with van der Waals surface area (Å²) in [5, 5.41) is 6.83. The molecule has 0 aromatic heterocycles. The lowest BCUT2D eigenvalue weighted by Crippen LogP contribution is -2.38. The molecule has 4 nitrogen and oxygen atoms in total. The largest absolute Gasteiger partial charge is 0.356 e. The number of aliphatic imine (C=N–C) groups is 1. The minimum Gasteiger partial charge on any atom is -0.356 e. The van der Waals surface area contributed by atoms with Gasteiger partial charge in [0.1, 0.15) is 0 Å². The second-order valence-corrected chi connectivity index (χ2v) is 6.87. The van der Waals surface area contributed by atoms with Gasteiger partial charge < -0.3 is 10.6 Å². The number of nitrogens with one attached hydrogen (secondary N) is 2. The Morgan fingerprint density at radius 1 is 0.962 bits per heavy atom. The zero-order valence-electron chi connectivity index (χ0n) is 16.5. The van der Waals surface area contributed by atoms with Gasteiger partial charge >= 0.3 is 0 Å². The molecule has 0 spiro atoms. The topological polar surface area (TPSA) is 39.7 Å². The number of hydrogen-bond acceptors (Lipinski definition) is 2. The molecular formula is C22H32N4. The van der Waals surface area contributed by atoms with Crippen molar-refractivity contribution in [2.24, 2.45) is 4.99 Å². The maximum absolute atomic E-state index is 4.34. The fourth-order valence-corrected chi connectivity index (χ4v) is 2.70. The summed E-state index contributed by atoms with van der Waals surface area (Å²) >= 11 is 0. The summed E-state index contributed by atoms with van der Waals surface area (Å²) in [6, 6.07) is 19.6. The minimum absolute atomic E-state index is 0.531. The van der Waals surface area contributed by atoms with Crippen LogP contribution in [0.5, 0.6) is 0 Å². The van der Waals surface area contributed by atoms with Gasteiger partial charge in [-0.05, 0) is 44.0 Å². The molecule has 0 amide bonds. The lowest BCUT2D eigenvalue weighted by atomic mass is 10.1. The van der Waals surface area contributed by atoms with Crippen molar-refractivity contribution < 1.29 is 0 Å². The molecule has 26 heavy (non-hydrogen) atoms. The average Bonchev–Trinajstić information content (AvgIpc) is 2.66. The Bertz CT molecular complexity index is 680. The number of rotatable bonds is 8. The zero-order valence-corrected chi connectivity index (χ0v) is 16.5. The molecule has 0 atom stereocenters. The van der Waals surface area contributed by atoms with Gasteiger partial charge in [-0.25, -0.2) is 0 Å². The van der Waals surface area contributed by atoms with Crippen molar-refractivity contribution in [2.45, 2.75) is 39.4 Å². The fraction of sp³-hybridized carbons (Fsp3) is 0.409. The first-order chi connectivity index (χ1) is 12.6. The standard InChI is InChI=1S/C22H32N4/c1-18(2)26(4)17-21-13-9-8-12-20(21)16-25-22(23-3)24-15-14-19-10-6-5-7-11-19/h5-13,18H,14-17H2,1-4H3,(H2,23,24,25). The Morgan fingerprint density at radius 3 is 2.27 bits per heavy atom. The van der Waals surface area contributed by atoms with Crippen LogP contribution < -0.4 is 10.6 Å². The van der Waals surface area contributed by atoms with E-state index in [2.05, 4.69) is 90.0 Å². The van der Waals surface area contributed by atoms with Crippen molar-refractivity contribution in [2.75, 3.05) is 20.6 Å². The van der Waals surface area contributed by atoms with Gasteiger partial charge in [-0.15, -0.1) is 0 Å². The lowest BCUT2D eigenvalue weighted by Gasteiger charge is -2.23. The smallest absolute Gasteiger partial charge is 0.191 e. The van der Waals surface area contributed by atoms with E-state index >= 15 is 0 Å². The molecule has 0 aliphatic rings. The van der Waals surface area contributed by atoms with Crippen molar-refractivity contribution in [3.05, 3.63) is 71.3 Å². The summed E-state index contributed by atoms with van der Waals surface area (Å²) in [6.07, 6.45) is 0.983. The zero-order chi connectivity index (χ0) is 18.8. The van der Waals surface area contributed by atoms with E-state index in [1.165, 1.54) is 16.7 Å². The molecule has 0 aliphatic carbocycles. The molecule has 0 heterocycles. The third-order valence-electron chi connectivity index (χ3n) is 4.64. The van der Waals surface area contributed by atoms with Crippen LogP contribution in [0.1, 0.15) is 30.5 Å². The molecule has 0 saturated carbocycles. The molecule has 0 saturated heterocycles. The SMILES string of the molecule is CN=C(NCCc1ccccc1)NCc1ccccc1CN(C)C(C)C. The molecule has 0 radical (unpaired) electrons. The molecule has 2 aromatic rings. The summed E-state index contributed by atoms with van der Waals surface area (Å²) in [4.78, 5) is 6.69. The fourth-order valence-electron chi connectivity index (χ4n) is 2.70. The molecule has 4 heteroatoms. The van der Waals surface area contributed by atoms with Crippen molar-refractivity contribution in [3.8, 4) is 0 Å². The summed E-state index contributed by atoms with van der Waals surface area (Å²) in [5.74, 6) is 0.841. The predicted octanol–water partition coefficient (Wildman–Crippen LogP) is 3.43. The van der Waals surface area contributed by atoms with Crippen LogP contribution in [0.4, 0.5) is 0 Å². The second-order valence-electron chi connectivity index (χ2n) is 6.87. The molecule has 0 aliphatic heterocycles. The summed E-state index contributed by atoms with van der Waals surface area (Å²) in [5.41, 5.74) is 4.00. The Morgan fingerprint density at radius 2 is 1.62 bits per heavy atom. The highest BCUT2D eigenvalue weighted by molar-refractivity contribution is 5.79. The highest BCUT2D eigenvalue weighted by Gasteiger charge is 2.08. The van der Waals surface area contributed by atoms with Gasteiger partial charge in [0.15, 0.2) is 5.96 Å². The Labute approximate surface area is 158 Å². The van der Waals surface area contributed by atoms with Gasteiger partial charge in [0.25, 0.3) is 0 Å². The first-order valence-corrected chi connectivity index (χ1v) is 9.35. The van der Waals surface area contributed by atoms with E-state index in [0.717, 1.165) is 32.0 Å². The van der Waals surface area contributed by atoms with Gasteiger partial charge in [-0.3, -0.25) is 9.89 Å². The molecule has 140 valence electrons. The Balaban J connectivity index is 1.86. The third-order valence-corrected chi connectivity index (χ3v) is 4.64. The van der Waals surface area contributed by atoms with Crippen molar-refractivity contribution in [3.63, 3.8) is 0 Å². The number of nitrogens with zero attached hydrogens (tertiary/aromatic N) is 2. The Kier molecular flexibility index (Phi) is 8.16. The molecule has 0 unspecified atom stereocenters. The first kappa shape index (κ1) is 20.0. The van der Waals surface area contributed by atoms with Gasteiger partial charge in [-0.2, -0.15) is 0 Å². The van der Waals surface area contributed by atoms with E-state index in [-0.39, 0.29) is 0 Å². The van der Waals surface area contributed by atoms with E-state index in [1.54, 1.807) is 0 Å². The number of hydrogen-bond donors (Lipinski definition) is 2. The van der Waals surface area contributed by atoms with Crippen molar-refractivity contribution in [1.82, 2.24) is 15.5 Å². The van der Waals surface area contributed by atoms with Crippen LogP contribution in [0.25, 0.3) is 0 Å². The van der Waals surface area contributed by atoms with Crippen LogP contribution in [0.2, 0.25) is 0 Å². The molecule has 2 N–H and O–H groups in total. The van der Waals surface area contributed by atoms with E-state index in [0.29, 0.717) is 6.04 Å². The van der Waals surface area contributed by atoms with Crippen LogP contribution >= 0.6 is 0 Å². The van der Waals surface area contributed by atoms with Gasteiger partial charge in [0.05, 0.1) is 0 Å². The highest BCUT2D eigenvalue weighted by atomic mass is 15.2. The van der Waals surface area contributed by atoms with Crippen molar-refractivity contribution in [1.29, 1.82) is 0 Å². The number of benzene rings is 2. The maximum atomic E-state index is 4.34. The second kappa shape index (κ2) is 10.6. The van der Waals surface area contributed by atoms with Crippen LogP contribution in [-0.2, 0) is 19.5 Å². The van der Waals surface area contributed by atoms with E-state index < -0.39 is 0 Å². The van der Waals surface area contributed by atoms with E-state index in [4.69, 9.17) is 0 Å². The van der Waals surface area contributed by atoms with Gasteiger partial charge in [0, 0.05) is 32.7 Å². The average molecular weight is 353 g/mol. The maximum Gasteiger partial charge on any atom is 0.191 e. The van der Waals surface area contributed by atoms with Crippen LogP contribution in [-0.4, -0.2) is 37.5 Å².